The van der Waals surface area contributed by atoms with Crippen LogP contribution in [0.25, 0.3) is 0 Å². The van der Waals surface area contributed by atoms with Crippen molar-refractivity contribution >= 4 is 59.7 Å². The van der Waals surface area contributed by atoms with Crippen LogP contribution in [0.3, 0.4) is 0 Å². The van der Waals surface area contributed by atoms with Gasteiger partial charge in [-0.2, -0.15) is 8.42 Å². The third-order valence-electron chi connectivity index (χ3n) is 0.402. The van der Waals surface area contributed by atoms with Gasteiger partial charge in [0.15, 0.2) is 0 Å². The number of hydrogen-bond acceptors (Lipinski definition) is 11. The monoisotopic (exact) mass is 494 g/mol. The second-order valence-electron chi connectivity index (χ2n) is 1.46. The van der Waals surface area contributed by atoms with E-state index in [0.29, 0.717) is 0 Å². The SMILES string of the molecule is O=S(O)S(=O)(=O)O.O=S([O-])S(=O)[O-].O=S([O-])S(=O)[O-].[Na+].[Na+].[Na+].[Na+]. The minimum atomic E-state index is -4.71. The Balaban J connectivity index is -0.0000000308. The molecule has 0 aromatic heterocycles. The van der Waals surface area contributed by atoms with Crippen molar-refractivity contribution in [3.8, 4) is 0 Å². The first-order valence-corrected chi connectivity index (χ1v) is 11.1. The second-order valence-corrected chi connectivity index (χ2v) is 9.77. The van der Waals surface area contributed by atoms with Crippen molar-refractivity contribution < 1.29 is 175 Å². The van der Waals surface area contributed by atoms with E-state index in [4.69, 9.17) is 44.2 Å². The first-order chi connectivity index (χ1) is 8.23. The maximum atomic E-state index is 9.34. The molecule has 0 fully saturated rings. The topological polar surface area (TPSA) is 252 Å². The van der Waals surface area contributed by atoms with Crippen molar-refractivity contribution in [2.75, 3.05) is 0 Å². The molecule has 0 aromatic rings. The van der Waals surface area contributed by atoms with Crippen molar-refractivity contribution in [3.05, 3.63) is 0 Å². The maximum Gasteiger partial charge on any atom is 1.00 e. The van der Waals surface area contributed by atoms with Crippen LogP contribution in [-0.2, 0) is 59.7 Å². The van der Waals surface area contributed by atoms with Crippen LogP contribution in [0.1, 0.15) is 0 Å². The molecule has 0 aliphatic heterocycles. The van der Waals surface area contributed by atoms with Gasteiger partial charge in [0, 0.05) is 40.4 Å². The fourth-order valence-corrected chi connectivity index (χ4v) is 0. The van der Waals surface area contributed by atoms with E-state index in [0.717, 1.165) is 0 Å². The third-order valence-corrected chi connectivity index (χ3v) is 3.62. The summed E-state index contributed by atoms with van der Waals surface area (Å²) in [5.41, 5.74) is 0. The van der Waals surface area contributed by atoms with E-state index < -0.39 is 59.7 Å². The molecule has 0 radical (unpaired) electrons. The van der Waals surface area contributed by atoms with E-state index in [1.807, 2.05) is 0 Å². The van der Waals surface area contributed by atoms with Gasteiger partial charge in [-0.25, -0.2) is 4.21 Å². The average molecular weight is 494 g/mol. The predicted molar refractivity (Wildman–Crippen MR) is 58.0 cm³/mol. The zero-order chi connectivity index (χ0) is 16.4. The van der Waals surface area contributed by atoms with Crippen molar-refractivity contribution in [1.29, 1.82) is 0 Å². The quantitative estimate of drug-likeness (QED) is 0.160. The molecule has 0 spiro atoms. The summed E-state index contributed by atoms with van der Waals surface area (Å²) in [6.07, 6.45) is 0. The molecule has 23 heavy (non-hydrogen) atoms. The van der Waals surface area contributed by atoms with Crippen molar-refractivity contribution in [3.63, 3.8) is 0 Å². The summed E-state index contributed by atoms with van der Waals surface area (Å²) in [6.45, 7) is 0. The molecule has 5 unspecified atom stereocenters. The molecule has 23 heteroatoms. The fraction of sp³-hybridized carbons (Fsp3) is 0. The predicted octanol–water partition coefficient (Wildman–Crippen LogP) is -15.7. The Morgan fingerprint density at radius 3 is 0.696 bits per heavy atom. The van der Waals surface area contributed by atoms with Gasteiger partial charge in [0.1, 0.15) is 0 Å². The summed E-state index contributed by atoms with van der Waals surface area (Å²) in [5, 5.41) is 0. The third kappa shape index (κ3) is 46.5. The van der Waals surface area contributed by atoms with Gasteiger partial charge in [-0.3, -0.25) is 25.9 Å². The van der Waals surface area contributed by atoms with Crippen molar-refractivity contribution in [2.45, 2.75) is 0 Å². The molecule has 0 heterocycles. The van der Waals surface area contributed by atoms with Gasteiger partial charge in [-0.05, 0) is 0 Å². The molecule has 0 rings (SSSR count). The van der Waals surface area contributed by atoms with Crippen LogP contribution in [-0.4, -0.2) is 56.8 Å². The Hall–Kier alpha value is 4.46. The zero-order valence-corrected chi connectivity index (χ0v) is 24.7. The molecular weight excluding hydrogens is 492 g/mol. The van der Waals surface area contributed by atoms with Crippen LogP contribution in [0.4, 0.5) is 0 Å². The first-order valence-electron chi connectivity index (χ1n) is 2.70. The largest absolute Gasteiger partial charge is 1.00 e. The normalized spacial score (nSPS) is 15.2. The van der Waals surface area contributed by atoms with E-state index in [1.54, 1.807) is 0 Å². The minimum Gasteiger partial charge on any atom is -0.763 e. The van der Waals surface area contributed by atoms with E-state index in [2.05, 4.69) is 0 Å². The van der Waals surface area contributed by atoms with Gasteiger partial charge in [0.05, 0.1) is 0 Å². The minimum absolute atomic E-state index is 0. The van der Waals surface area contributed by atoms with Crippen LogP contribution in [0.15, 0.2) is 0 Å². The van der Waals surface area contributed by atoms with E-state index in [1.165, 1.54) is 0 Å². The molecule has 2 N–H and O–H groups in total. The molecule has 0 aliphatic rings. The standard InChI is InChI=1S/4Na.H2O5S2.2H2O4S2/c;;;;1-6(2)7(3,4)5;2*1-5(2)6(3)4/h;;;;(H,1,2)(H,3,4,5);2*(H,1,2)(H,3,4)/q4*+1;;;/p-4. The van der Waals surface area contributed by atoms with Crippen LogP contribution in [0, 0.1) is 0 Å². The van der Waals surface area contributed by atoms with Crippen LogP contribution in [0.2, 0.25) is 0 Å². The Morgan fingerprint density at radius 2 is 0.696 bits per heavy atom. The molecule has 5 atom stereocenters. The molecule has 0 aliphatic carbocycles. The first kappa shape index (κ1) is 45.9. The van der Waals surface area contributed by atoms with Gasteiger partial charge in [0.2, 0.25) is 0 Å². The molecule has 13 nitrogen and oxygen atoms in total. The maximum absolute atomic E-state index is 9.34. The number of rotatable bonds is 3. The Kier molecular flexibility index (Phi) is 52.8. The second kappa shape index (κ2) is 26.5. The van der Waals surface area contributed by atoms with Crippen LogP contribution < -0.4 is 118 Å². The summed E-state index contributed by atoms with van der Waals surface area (Å²) in [4.78, 5) is 0. The summed E-state index contributed by atoms with van der Waals surface area (Å²) in [5.74, 6) is 0. The molecule has 0 saturated carbocycles. The summed E-state index contributed by atoms with van der Waals surface area (Å²) in [7, 11) is -19.7. The molecule has 0 bridgehead atoms. The van der Waals surface area contributed by atoms with Gasteiger partial charge >= 0.3 is 137 Å². The van der Waals surface area contributed by atoms with Gasteiger partial charge < -0.3 is 18.2 Å². The number of hydrogen-bond donors (Lipinski definition) is 2. The van der Waals surface area contributed by atoms with Crippen LogP contribution >= 0.6 is 0 Å². The van der Waals surface area contributed by atoms with E-state index >= 15 is 0 Å². The summed E-state index contributed by atoms with van der Waals surface area (Å²) < 4.78 is 116. The van der Waals surface area contributed by atoms with Gasteiger partial charge in [-0.15, -0.1) is 0 Å². The Bertz CT molecular complexity index is 433. The van der Waals surface area contributed by atoms with Crippen molar-refractivity contribution in [1.82, 2.24) is 0 Å². The summed E-state index contributed by atoms with van der Waals surface area (Å²) in [6, 6.07) is 0. The van der Waals surface area contributed by atoms with Gasteiger partial charge in [0.25, 0.3) is 0 Å². The van der Waals surface area contributed by atoms with E-state index in [-0.39, 0.29) is 118 Å². The molecule has 0 aromatic carbocycles. The summed E-state index contributed by atoms with van der Waals surface area (Å²) >= 11 is 0. The Morgan fingerprint density at radius 1 is 0.609 bits per heavy atom. The molecule has 0 amide bonds. The van der Waals surface area contributed by atoms with Crippen molar-refractivity contribution in [2.24, 2.45) is 0 Å². The molecular formula is H2Na4O13S6. The average Bonchev–Trinajstić information content (AvgIpc) is 2.17. The smallest absolute Gasteiger partial charge is 0.763 e. The molecule has 0 saturated heterocycles. The van der Waals surface area contributed by atoms with Gasteiger partial charge in [-0.1, -0.05) is 0 Å². The fourth-order valence-electron chi connectivity index (χ4n) is 0. The van der Waals surface area contributed by atoms with Crippen LogP contribution in [0.5, 0.6) is 0 Å². The van der Waals surface area contributed by atoms with E-state index in [9.17, 15) is 12.6 Å². The Labute approximate surface area is 230 Å². The molecule has 120 valence electrons. The zero-order valence-electron chi connectivity index (χ0n) is 11.8.